The summed E-state index contributed by atoms with van der Waals surface area (Å²) in [6, 6.07) is 2.10. The normalized spacial score (nSPS) is 11.3. The van der Waals surface area contributed by atoms with Gasteiger partial charge >= 0.3 is 5.97 Å². The average molecular weight is 279 g/mol. The summed E-state index contributed by atoms with van der Waals surface area (Å²) < 4.78 is 49.8. The first-order valence-electron chi connectivity index (χ1n) is 4.94. The quantitative estimate of drug-likeness (QED) is 0.879. The van der Waals surface area contributed by atoms with Crippen molar-refractivity contribution in [2.45, 2.75) is 6.92 Å². The summed E-state index contributed by atoms with van der Waals surface area (Å²) in [5, 5.41) is 8.65. The predicted molar refractivity (Wildman–Crippen MR) is 60.8 cm³/mol. The molecule has 5 nitrogen and oxygen atoms in total. The van der Waals surface area contributed by atoms with Gasteiger partial charge in [-0.2, -0.15) is 0 Å². The lowest BCUT2D eigenvalue weighted by Crippen LogP contribution is -2.36. The predicted octanol–water partition coefficient (Wildman–Crippen LogP) is 1.21. The zero-order valence-corrected chi connectivity index (χ0v) is 10.2. The van der Waals surface area contributed by atoms with Crippen LogP contribution < -0.4 is 4.31 Å². The molecule has 0 aliphatic carbocycles. The lowest BCUT2D eigenvalue weighted by molar-refractivity contribution is -0.135. The Hall–Kier alpha value is -1.70. The van der Waals surface area contributed by atoms with E-state index in [-0.39, 0.29) is 11.4 Å². The van der Waals surface area contributed by atoms with Gasteiger partial charge in [-0.05, 0) is 19.1 Å². The third kappa shape index (κ3) is 3.39. The topological polar surface area (TPSA) is 74.7 Å². The maximum absolute atomic E-state index is 13.0. The van der Waals surface area contributed by atoms with Crippen LogP contribution in [0, 0.1) is 11.6 Å². The Morgan fingerprint density at radius 3 is 2.17 bits per heavy atom. The first-order valence-corrected chi connectivity index (χ1v) is 6.55. The first kappa shape index (κ1) is 14.4. The molecule has 1 aromatic rings. The standard InChI is InChI=1S/C10H11F2NO4S/c1-2-18(16,17)13(6-10(14)15)9-4-7(11)3-8(12)5-9/h3-5H,2,6H2,1H3,(H,14,15). The van der Waals surface area contributed by atoms with Gasteiger partial charge in [-0.1, -0.05) is 0 Å². The fourth-order valence-corrected chi connectivity index (χ4v) is 2.36. The van der Waals surface area contributed by atoms with Gasteiger partial charge in [0.2, 0.25) is 10.0 Å². The molecule has 1 aromatic carbocycles. The van der Waals surface area contributed by atoms with E-state index in [1.54, 1.807) is 0 Å². The van der Waals surface area contributed by atoms with E-state index in [1.807, 2.05) is 0 Å². The number of hydrogen-bond donors (Lipinski definition) is 1. The molecular formula is C10H11F2NO4S. The lowest BCUT2D eigenvalue weighted by Gasteiger charge is -2.21. The van der Waals surface area contributed by atoms with E-state index in [0.29, 0.717) is 10.4 Å². The summed E-state index contributed by atoms with van der Waals surface area (Å²) in [7, 11) is -3.92. The van der Waals surface area contributed by atoms with E-state index in [4.69, 9.17) is 5.11 Å². The van der Waals surface area contributed by atoms with Crippen molar-refractivity contribution < 1.29 is 27.1 Å². The monoisotopic (exact) mass is 279 g/mol. The van der Waals surface area contributed by atoms with E-state index >= 15 is 0 Å². The SMILES string of the molecule is CCS(=O)(=O)N(CC(=O)O)c1cc(F)cc(F)c1. The van der Waals surface area contributed by atoms with Gasteiger partial charge in [0.15, 0.2) is 0 Å². The smallest absolute Gasteiger partial charge is 0.324 e. The summed E-state index contributed by atoms with van der Waals surface area (Å²) in [5.74, 6) is -3.76. The molecule has 8 heteroatoms. The van der Waals surface area contributed by atoms with Gasteiger partial charge in [0.25, 0.3) is 0 Å². The van der Waals surface area contributed by atoms with Crippen molar-refractivity contribution in [1.82, 2.24) is 0 Å². The maximum Gasteiger partial charge on any atom is 0.324 e. The number of halogens is 2. The fraction of sp³-hybridized carbons (Fsp3) is 0.300. The molecule has 0 unspecified atom stereocenters. The van der Waals surface area contributed by atoms with E-state index in [0.717, 1.165) is 12.1 Å². The van der Waals surface area contributed by atoms with Crippen LogP contribution in [0.4, 0.5) is 14.5 Å². The zero-order valence-electron chi connectivity index (χ0n) is 9.43. The van der Waals surface area contributed by atoms with Gasteiger partial charge in [-0.3, -0.25) is 9.10 Å². The number of nitrogens with zero attached hydrogens (tertiary/aromatic N) is 1. The van der Waals surface area contributed by atoms with Crippen molar-refractivity contribution in [1.29, 1.82) is 0 Å². The minimum absolute atomic E-state index is 0.350. The summed E-state index contributed by atoms with van der Waals surface area (Å²) in [6.07, 6.45) is 0. The van der Waals surface area contributed by atoms with E-state index < -0.39 is 34.2 Å². The summed E-state index contributed by atoms with van der Waals surface area (Å²) >= 11 is 0. The highest BCUT2D eigenvalue weighted by Crippen LogP contribution is 2.21. The van der Waals surface area contributed by atoms with Crippen molar-refractivity contribution in [2.24, 2.45) is 0 Å². The number of carboxylic acid groups (broad SMARTS) is 1. The largest absolute Gasteiger partial charge is 0.480 e. The van der Waals surface area contributed by atoms with Gasteiger partial charge in [0.1, 0.15) is 18.2 Å². The highest BCUT2D eigenvalue weighted by molar-refractivity contribution is 7.92. The molecule has 0 aliphatic heterocycles. The Morgan fingerprint density at radius 1 is 1.28 bits per heavy atom. The summed E-state index contributed by atoms with van der Waals surface area (Å²) in [6.45, 7) is 0.416. The molecule has 0 aliphatic rings. The molecule has 1 N–H and O–H groups in total. The second-order valence-electron chi connectivity index (χ2n) is 3.43. The summed E-state index contributed by atoms with van der Waals surface area (Å²) in [5.41, 5.74) is -0.350. The molecule has 0 aromatic heterocycles. The Bertz CT molecular complexity index is 539. The molecule has 0 saturated heterocycles. The molecule has 100 valence electrons. The molecular weight excluding hydrogens is 268 g/mol. The molecule has 0 fully saturated rings. The van der Waals surface area contributed by atoms with Crippen LogP contribution in [0.3, 0.4) is 0 Å². The highest BCUT2D eigenvalue weighted by atomic mass is 32.2. The van der Waals surface area contributed by atoms with Crippen molar-refractivity contribution in [3.63, 3.8) is 0 Å². The van der Waals surface area contributed by atoms with E-state index in [9.17, 15) is 22.0 Å². The molecule has 0 spiro atoms. The zero-order chi connectivity index (χ0) is 13.9. The van der Waals surface area contributed by atoms with Gasteiger partial charge in [-0.25, -0.2) is 17.2 Å². The number of anilines is 1. The van der Waals surface area contributed by atoms with Crippen molar-refractivity contribution in [2.75, 3.05) is 16.6 Å². The van der Waals surface area contributed by atoms with Crippen molar-refractivity contribution in [3.8, 4) is 0 Å². The van der Waals surface area contributed by atoms with Gasteiger partial charge in [0.05, 0.1) is 11.4 Å². The Kier molecular flexibility index (Phi) is 4.23. The summed E-state index contributed by atoms with van der Waals surface area (Å²) in [4.78, 5) is 10.6. The maximum atomic E-state index is 13.0. The number of rotatable bonds is 5. The fourth-order valence-electron chi connectivity index (χ4n) is 1.31. The van der Waals surface area contributed by atoms with Crippen LogP contribution in [0.2, 0.25) is 0 Å². The molecule has 0 radical (unpaired) electrons. The van der Waals surface area contributed by atoms with Crippen LogP contribution in [0.5, 0.6) is 0 Å². The average Bonchev–Trinajstić information content (AvgIpc) is 2.24. The van der Waals surface area contributed by atoms with E-state index in [2.05, 4.69) is 0 Å². The van der Waals surface area contributed by atoms with Crippen LogP contribution >= 0.6 is 0 Å². The molecule has 0 heterocycles. The minimum Gasteiger partial charge on any atom is -0.480 e. The van der Waals surface area contributed by atoms with Crippen molar-refractivity contribution >= 4 is 21.7 Å². The van der Waals surface area contributed by atoms with Crippen LogP contribution in [-0.2, 0) is 14.8 Å². The van der Waals surface area contributed by atoms with Crippen LogP contribution in [0.1, 0.15) is 6.92 Å². The Balaban J connectivity index is 3.30. The molecule has 0 atom stereocenters. The third-order valence-corrected chi connectivity index (χ3v) is 3.86. The number of carboxylic acids is 1. The van der Waals surface area contributed by atoms with Crippen LogP contribution in [-0.4, -0.2) is 31.8 Å². The minimum atomic E-state index is -3.92. The molecule has 0 bridgehead atoms. The number of aliphatic carboxylic acids is 1. The molecule has 0 amide bonds. The highest BCUT2D eigenvalue weighted by Gasteiger charge is 2.24. The van der Waals surface area contributed by atoms with Crippen molar-refractivity contribution in [3.05, 3.63) is 29.8 Å². The molecule has 0 saturated carbocycles. The number of carbonyl (C=O) groups is 1. The van der Waals surface area contributed by atoms with Crippen LogP contribution in [0.25, 0.3) is 0 Å². The second kappa shape index (κ2) is 5.30. The van der Waals surface area contributed by atoms with E-state index in [1.165, 1.54) is 6.92 Å². The number of benzene rings is 1. The van der Waals surface area contributed by atoms with Gasteiger partial charge in [-0.15, -0.1) is 0 Å². The molecule has 18 heavy (non-hydrogen) atoms. The first-order chi connectivity index (χ1) is 8.26. The van der Waals surface area contributed by atoms with Gasteiger partial charge < -0.3 is 5.11 Å². The lowest BCUT2D eigenvalue weighted by atomic mass is 10.3. The number of sulfonamides is 1. The number of hydrogen-bond acceptors (Lipinski definition) is 3. The Morgan fingerprint density at radius 2 is 1.78 bits per heavy atom. The second-order valence-corrected chi connectivity index (χ2v) is 5.61. The third-order valence-electron chi connectivity index (χ3n) is 2.11. The van der Waals surface area contributed by atoms with Gasteiger partial charge in [0, 0.05) is 6.07 Å². The molecule has 1 rings (SSSR count). The Labute approximate surface area is 103 Å². The van der Waals surface area contributed by atoms with Crippen LogP contribution in [0.15, 0.2) is 18.2 Å².